The number of rotatable bonds is 8. The van der Waals surface area contributed by atoms with E-state index in [4.69, 9.17) is 0 Å². The molecule has 7 heteroatoms. The first kappa shape index (κ1) is 18.1. The van der Waals surface area contributed by atoms with E-state index in [9.17, 15) is 0 Å². The first-order valence-corrected chi connectivity index (χ1v) is 9.72. The van der Waals surface area contributed by atoms with Crippen LogP contribution in [0.15, 0.2) is 59.2 Å². The number of nitrogens with zero attached hydrogens (tertiary/aromatic N) is 4. The second-order valence-electron chi connectivity index (χ2n) is 5.75. The third-order valence-corrected chi connectivity index (χ3v) is 4.67. The summed E-state index contributed by atoms with van der Waals surface area (Å²) in [6.07, 6.45) is 4.77. The fraction of sp³-hybridized carbons (Fsp3) is 0.316. The second kappa shape index (κ2) is 9.72. The lowest BCUT2D eigenvalue weighted by Crippen LogP contribution is -2.38. The van der Waals surface area contributed by atoms with Crippen LogP contribution < -0.4 is 10.6 Å². The molecule has 0 fully saturated rings. The fourth-order valence-electron chi connectivity index (χ4n) is 2.48. The summed E-state index contributed by atoms with van der Waals surface area (Å²) in [6.45, 7) is 5.20. The van der Waals surface area contributed by atoms with Crippen LogP contribution in [0.5, 0.6) is 0 Å². The van der Waals surface area contributed by atoms with E-state index in [0.29, 0.717) is 6.54 Å². The minimum atomic E-state index is 0.567. The Hall–Kier alpha value is -2.67. The molecule has 3 rings (SSSR count). The van der Waals surface area contributed by atoms with Crippen molar-refractivity contribution >= 4 is 17.3 Å². The summed E-state index contributed by atoms with van der Waals surface area (Å²) in [4.78, 5) is 9.33. The number of hydrogen-bond donors (Lipinski definition) is 2. The van der Waals surface area contributed by atoms with E-state index >= 15 is 0 Å². The Morgan fingerprint density at radius 1 is 1.19 bits per heavy atom. The molecule has 0 radical (unpaired) electrons. The van der Waals surface area contributed by atoms with Crippen molar-refractivity contribution in [1.29, 1.82) is 0 Å². The van der Waals surface area contributed by atoms with E-state index in [1.807, 2.05) is 35.1 Å². The highest BCUT2D eigenvalue weighted by molar-refractivity contribution is 7.13. The van der Waals surface area contributed by atoms with Gasteiger partial charge in [-0.1, -0.05) is 30.3 Å². The zero-order valence-corrected chi connectivity index (χ0v) is 15.7. The maximum atomic E-state index is 4.69. The Morgan fingerprint density at radius 2 is 2.08 bits per heavy atom. The Labute approximate surface area is 158 Å². The average molecular weight is 369 g/mol. The van der Waals surface area contributed by atoms with Gasteiger partial charge in [0.25, 0.3) is 0 Å². The largest absolute Gasteiger partial charge is 0.357 e. The second-order valence-corrected chi connectivity index (χ2v) is 6.61. The van der Waals surface area contributed by atoms with Crippen LogP contribution in [0, 0.1) is 0 Å². The molecule has 2 aromatic heterocycles. The maximum Gasteiger partial charge on any atom is 0.191 e. The molecule has 0 saturated carbocycles. The highest BCUT2D eigenvalue weighted by Gasteiger charge is 2.04. The van der Waals surface area contributed by atoms with Crippen molar-refractivity contribution in [3.63, 3.8) is 0 Å². The summed E-state index contributed by atoms with van der Waals surface area (Å²) in [5, 5.41) is 14.0. The van der Waals surface area contributed by atoms with Gasteiger partial charge < -0.3 is 10.6 Å². The van der Waals surface area contributed by atoms with Gasteiger partial charge in [0.15, 0.2) is 5.96 Å². The van der Waals surface area contributed by atoms with E-state index < -0.39 is 0 Å². The van der Waals surface area contributed by atoms with Gasteiger partial charge in [0.2, 0.25) is 0 Å². The molecule has 0 spiro atoms. The molecule has 0 amide bonds. The first-order chi connectivity index (χ1) is 12.8. The van der Waals surface area contributed by atoms with Crippen molar-refractivity contribution in [1.82, 2.24) is 25.4 Å². The standard InChI is InChI=1S/C19H24N6S/c1-2-20-19(21-10-6-12-25-13-7-11-23-25)22-14-17-15-26-18(24-17)16-8-4-3-5-9-16/h3-5,7-9,11,13,15H,2,6,10,12,14H2,1H3,(H2,20,21,22). The lowest BCUT2D eigenvalue weighted by molar-refractivity contribution is 0.570. The number of thiazole rings is 1. The van der Waals surface area contributed by atoms with E-state index in [1.54, 1.807) is 17.5 Å². The molecule has 2 heterocycles. The SMILES string of the molecule is CCNC(=NCc1csc(-c2ccccc2)n1)NCCCn1cccn1. The van der Waals surface area contributed by atoms with Crippen LogP contribution in [0.3, 0.4) is 0 Å². The van der Waals surface area contributed by atoms with Gasteiger partial charge in [0.05, 0.1) is 12.2 Å². The number of nitrogens with one attached hydrogen (secondary N) is 2. The Morgan fingerprint density at radius 3 is 2.85 bits per heavy atom. The van der Waals surface area contributed by atoms with Gasteiger partial charge >= 0.3 is 0 Å². The summed E-state index contributed by atoms with van der Waals surface area (Å²) in [5.74, 6) is 0.822. The lowest BCUT2D eigenvalue weighted by atomic mass is 10.2. The normalized spacial score (nSPS) is 11.5. The van der Waals surface area contributed by atoms with Crippen molar-refractivity contribution in [2.45, 2.75) is 26.4 Å². The zero-order valence-electron chi connectivity index (χ0n) is 14.9. The van der Waals surface area contributed by atoms with Crippen molar-refractivity contribution in [2.75, 3.05) is 13.1 Å². The monoisotopic (exact) mass is 368 g/mol. The molecule has 0 saturated heterocycles. The van der Waals surface area contributed by atoms with Crippen LogP contribution in [0.4, 0.5) is 0 Å². The van der Waals surface area contributed by atoms with Crippen LogP contribution in [-0.4, -0.2) is 33.8 Å². The highest BCUT2D eigenvalue weighted by atomic mass is 32.1. The molecule has 0 bridgehead atoms. The Balaban J connectivity index is 1.51. The molecule has 2 N–H and O–H groups in total. The molecule has 6 nitrogen and oxygen atoms in total. The van der Waals surface area contributed by atoms with Gasteiger partial charge in [-0.15, -0.1) is 11.3 Å². The van der Waals surface area contributed by atoms with E-state index in [0.717, 1.165) is 48.3 Å². The maximum absolute atomic E-state index is 4.69. The number of aromatic nitrogens is 3. The average Bonchev–Trinajstić information content (AvgIpc) is 3.36. The van der Waals surface area contributed by atoms with Gasteiger partial charge in [-0.3, -0.25) is 4.68 Å². The van der Waals surface area contributed by atoms with Crippen molar-refractivity contribution in [3.05, 3.63) is 59.9 Å². The molecule has 0 aliphatic rings. The van der Waals surface area contributed by atoms with Crippen LogP contribution in [0.25, 0.3) is 10.6 Å². The molecule has 136 valence electrons. The van der Waals surface area contributed by atoms with E-state index in [-0.39, 0.29) is 0 Å². The van der Waals surface area contributed by atoms with Gasteiger partial charge in [-0.05, 0) is 19.4 Å². The highest BCUT2D eigenvalue weighted by Crippen LogP contribution is 2.23. The van der Waals surface area contributed by atoms with Crippen LogP contribution in [-0.2, 0) is 13.1 Å². The minimum absolute atomic E-state index is 0.567. The quantitative estimate of drug-likeness (QED) is 0.364. The van der Waals surface area contributed by atoms with Gasteiger partial charge in [-0.25, -0.2) is 9.98 Å². The van der Waals surface area contributed by atoms with Crippen LogP contribution in [0.1, 0.15) is 19.0 Å². The molecule has 3 aromatic rings. The third kappa shape index (κ3) is 5.42. The third-order valence-electron chi connectivity index (χ3n) is 3.73. The molecule has 26 heavy (non-hydrogen) atoms. The summed E-state index contributed by atoms with van der Waals surface area (Å²) in [7, 11) is 0. The number of guanidine groups is 1. The van der Waals surface area contributed by atoms with Crippen LogP contribution >= 0.6 is 11.3 Å². The Bertz CT molecular complexity index is 795. The number of aryl methyl sites for hydroxylation is 1. The van der Waals surface area contributed by atoms with Crippen molar-refractivity contribution < 1.29 is 0 Å². The van der Waals surface area contributed by atoms with Gasteiger partial charge in [0.1, 0.15) is 5.01 Å². The molecule has 0 aliphatic carbocycles. The van der Waals surface area contributed by atoms with Gasteiger partial charge in [-0.2, -0.15) is 5.10 Å². The first-order valence-electron chi connectivity index (χ1n) is 8.84. The molecule has 0 aliphatic heterocycles. The minimum Gasteiger partial charge on any atom is -0.357 e. The van der Waals surface area contributed by atoms with Crippen molar-refractivity contribution in [2.24, 2.45) is 4.99 Å². The summed E-state index contributed by atoms with van der Waals surface area (Å²) in [6, 6.07) is 12.2. The summed E-state index contributed by atoms with van der Waals surface area (Å²) in [5.41, 5.74) is 2.14. The lowest BCUT2D eigenvalue weighted by Gasteiger charge is -2.11. The van der Waals surface area contributed by atoms with Gasteiger partial charge in [0, 0.05) is 43.0 Å². The predicted octanol–water partition coefficient (Wildman–Crippen LogP) is 3.15. The summed E-state index contributed by atoms with van der Waals surface area (Å²) >= 11 is 1.66. The smallest absolute Gasteiger partial charge is 0.191 e. The number of hydrogen-bond acceptors (Lipinski definition) is 4. The van der Waals surface area contributed by atoms with E-state index in [2.05, 4.69) is 50.1 Å². The number of aliphatic imine (C=N–C) groups is 1. The summed E-state index contributed by atoms with van der Waals surface area (Å²) < 4.78 is 1.94. The fourth-order valence-corrected chi connectivity index (χ4v) is 3.29. The Kier molecular flexibility index (Phi) is 6.78. The van der Waals surface area contributed by atoms with Crippen LogP contribution in [0.2, 0.25) is 0 Å². The molecular formula is C19H24N6S. The van der Waals surface area contributed by atoms with Crippen molar-refractivity contribution in [3.8, 4) is 10.6 Å². The molecular weight excluding hydrogens is 344 g/mol. The zero-order chi connectivity index (χ0) is 18.0. The molecule has 1 aromatic carbocycles. The molecule has 0 unspecified atom stereocenters. The van der Waals surface area contributed by atoms with E-state index in [1.165, 1.54) is 0 Å². The topological polar surface area (TPSA) is 67.1 Å². The predicted molar refractivity (Wildman–Crippen MR) is 107 cm³/mol. The molecule has 0 atom stereocenters. The number of benzene rings is 1.